The van der Waals surface area contributed by atoms with E-state index >= 15 is 0 Å². The van der Waals surface area contributed by atoms with E-state index in [1.807, 2.05) is 22.7 Å². The van der Waals surface area contributed by atoms with Gasteiger partial charge in [0.2, 0.25) is 0 Å². The fraction of sp³-hybridized carbons (Fsp3) is 0.481. The summed E-state index contributed by atoms with van der Waals surface area (Å²) in [5.74, 6) is 0.733. The molecule has 1 aromatic carbocycles. The summed E-state index contributed by atoms with van der Waals surface area (Å²) in [7, 11) is 1.41. The number of hydrogen-bond acceptors (Lipinski definition) is 7. The lowest BCUT2D eigenvalue weighted by Crippen LogP contribution is -2.42. The van der Waals surface area contributed by atoms with Crippen molar-refractivity contribution >= 4 is 11.4 Å². The van der Waals surface area contributed by atoms with E-state index in [1.54, 1.807) is 12.3 Å². The molecule has 5 rings (SSSR count). The maximum Gasteiger partial charge on any atom is 0.387 e. The van der Waals surface area contributed by atoms with Crippen molar-refractivity contribution in [3.05, 3.63) is 42.2 Å². The molecule has 1 aliphatic heterocycles. The number of carbonyl (C=O) groups excluding carboxylic acids is 1. The Bertz CT molecular complexity index is 1260. The van der Waals surface area contributed by atoms with Crippen LogP contribution in [0, 0.1) is 5.92 Å². The monoisotopic (exact) mass is 515 g/mol. The lowest BCUT2D eigenvalue weighted by molar-refractivity contribution is -0.0502. The predicted octanol–water partition coefficient (Wildman–Crippen LogP) is 4.69. The van der Waals surface area contributed by atoms with Crippen LogP contribution >= 0.6 is 0 Å². The van der Waals surface area contributed by atoms with E-state index in [4.69, 9.17) is 18.9 Å². The number of pyridine rings is 1. The van der Waals surface area contributed by atoms with Crippen molar-refractivity contribution in [1.29, 1.82) is 0 Å². The van der Waals surface area contributed by atoms with Crippen molar-refractivity contribution < 1.29 is 32.5 Å². The number of halogens is 2. The van der Waals surface area contributed by atoms with Crippen LogP contribution in [0.1, 0.15) is 36.5 Å². The van der Waals surface area contributed by atoms with E-state index in [-0.39, 0.29) is 35.4 Å². The van der Waals surface area contributed by atoms with Gasteiger partial charge in [-0.25, -0.2) is 4.98 Å². The second-order valence-corrected chi connectivity index (χ2v) is 9.57. The van der Waals surface area contributed by atoms with Crippen molar-refractivity contribution in [1.82, 2.24) is 14.3 Å². The first-order valence-electron chi connectivity index (χ1n) is 12.6. The second kappa shape index (κ2) is 11.0. The smallest absolute Gasteiger partial charge is 0.387 e. The minimum absolute atomic E-state index is 0.0534. The number of Topliss-reactive ketones (excluding diaryl/α,β-unsaturated/α-hetero) is 1. The van der Waals surface area contributed by atoms with Crippen LogP contribution in [0.2, 0.25) is 0 Å². The number of aromatic nitrogens is 2. The molecule has 0 N–H and O–H groups in total. The van der Waals surface area contributed by atoms with Gasteiger partial charge in [-0.15, -0.1) is 0 Å². The van der Waals surface area contributed by atoms with Gasteiger partial charge >= 0.3 is 6.61 Å². The van der Waals surface area contributed by atoms with Gasteiger partial charge < -0.3 is 18.9 Å². The number of imidazole rings is 1. The van der Waals surface area contributed by atoms with Gasteiger partial charge in [-0.1, -0.05) is 0 Å². The Balaban J connectivity index is 1.37. The summed E-state index contributed by atoms with van der Waals surface area (Å²) < 4.78 is 50.1. The number of rotatable bonds is 11. The Kier molecular flexibility index (Phi) is 7.57. The molecule has 0 bridgehead atoms. The molecule has 2 aliphatic rings. The highest BCUT2D eigenvalue weighted by Crippen LogP contribution is 2.40. The molecular weight excluding hydrogens is 484 g/mol. The van der Waals surface area contributed by atoms with E-state index in [9.17, 15) is 13.6 Å². The first-order chi connectivity index (χ1) is 17.9. The molecule has 37 heavy (non-hydrogen) atoms. The highest BCUT2D eigenvalue weighted by molar-refractivity contribution is 6.02. The molecule has 3 heterocycles. The van der Waals surface area contributed by atoms with Crippen LogP contribution in [-0.2, 0) is 4.74 Å². The van der Waals surface area contributed by atoms with Crippen molar-refractivity contribution in [2.75, 3.05) is 40.0 Å². The van der Waals surface area contributed by atoms with Gasteiger partial charge in [0.1, 0.15) is 35.1 Å². The first-order valence-corrected chi connectivity index (χ1v) is 12.6. The van der Waals surface area contributed by atoms with Crippen LogP contribution in [0.3, 0.4) is 0 Å². The largest absolute Gasteiger partial charge is 0.496 e. The fourth-order valence-electron chi connectivity index (χ4n) is 4.70. The minimum atomic E-state index is -3.07. The van der Waals surface area contributed by atoms with Gasteiger partial charge in [-0.05, 0) is 43.9 Å². The van der Waals surface area contributed by atoms with E-state index in [2.05, 4.69) is 16.8 Å². The van der Waals surface area contributed by atoms with Gasteiger partial charge in [-0.2, -0.15) is 8.78 Å². The molecule has 2 aromatic heterocycles. The molecule has 3 aromatic rings. The zero-order valence-corrected chi connectivity index (χ0v) is 21.0. The third-order valence-corrected chi connectivity index (χ3v) is 6.73. The molecule has 1 atom stereocenters. The number of hydrogen-bond donors (Lipinski definition) is 0. The minimum Gasteiger partial charge on any atom is -0.496 e. The van der Waals surface area contributed by atoms with Crippen molar-refractivity contribution in [3.63, 3.8) is 0 Å². The third kappa shape index (κ3) is 6.02. The lowest BCUT2D eigenvalue weighted by Gasteiger charge is -2.30. The topological polar surface area (TPSA) is 74.5 Å². The Labute approximate surface area is 214 Å². The highest BCUT2D eigenvalue weighted by atomic mass is 19.3. The zero-order chi connectivity index (χ0) is 25.9. The average molecular weight is 516 g/mol. The van der Waals surface area contributed by atoms with Crippen molar-refractivity contribution in [3.8, 4) is 28.5 Å². The fourth-order valence-corrected chi connectivity index (χ4v) is 4.70. The quantitative estimate of drug-likeness (QED) is 0.343. The number of methoxy groups -OCH3 is 1. The van der Waals surface area contributed by atoms with Crippen LogP contribution < -0.4 is 14.2 Å². The number of nitrogens with zero attached hydrogens (tertiary/aromatic N) is 3. The maximum absolute atomic E-state index is 13.3. The Morgan fingerprint density at radius 3 is 2.78 bits per heavy atom. The normalized spacial score (nSPS) is 18.4. The van der Waals surface area contributed by atoms with E-state index in [0.29, 0.717) is 35.2 Å². The lowest BCUT2D eigenvalue weighted by atomic mass is 10.00. The van der Waals surface area contributed by atoms with Gasteiger partial charge in [-0.3, -0.25) is 14.1 Å². The number of carbonyl (C=O) groups is 1. The average Bonchev–Trinajstić information content (AvgIpc) is 3.58. The van der Waals surface area contributed by atoms with E-state index in [1.165, 1.54) is 13.2 Å². The molecule has 1 saturated heterocycles. The molecule has 2 fully saturated rings. The molecule has 8 nitrogen and oxygen atoms in total. The van der Waals surface area contributed by atoms with Crippen molar-refractivity contribution in [2.24, 2.45) is 5.92 Å². The number of benzene rings is 1. The van der Waals surface area contributed by atoms with Crippen molar-refractivity contribution in [2.45, 2.75) is 38.9 Å². The summed E-state index contributed by atoms with van der Waals surface area (Å²) in [5, 5.41) is 0. The molecule has 0 radical (unpaired) electrons. The zero-order valence-electron chi connectivity index (χ0n) is 21.0. The molecule has 0 spiro atoms. The van der Waals surface area contributed by atoms with E-state index in [0.717, 1.165) is 39.1 Å². The summed E-state index contributed by atoms with van der Waals surface area (Å²) in [6, 6.07) is 6.77. The highest BCUT2D eigenvalue weighted by Gasteiger charge is 2.30. The molecule has 0 amide bonds. The Morgan fingerprint density at radius 1 is 1.24 bits per heavy atom. The molecule has 1 unspecified atom stereocenters. The SMILES string of the molecule is COc1cc(-c2cnc3cc(OCCN4CCOC(C)C4)ccn23)cc(OC(F)F)c1C(=O)CC1CC1. The summed E-state index contributed by atoms with van der Waals surface area (Å²) in [6.45, 7) is 2.84. The number of alkyl halides is 2. The summed E-state index contributed by atoms with van der Waals surface area (Å²) >= 11 is 0. The summed E-state index contributed by atoms with van der Waals surface area (Å²) in [6.07, 6.45) is 5.91. The second-order valence-electron chi connectivity index (χ2n) is 9.57. The molecular formula is C27H31F2N3O5. The van der Waals surface area contributed by atoms with Crippen LogP contribution in [0.4, 0.5) is 8.78 Å². The molecule has 1 aliphatic carbocycles. The Morgan fingerprint density at radius 2 is 2.05 bits per heavy atom. The van der Waals surface area contributed by atoms with Crippen LogP contribution in [0.25, 0.3) is 16.9 Å². The number of fused-ring (bicyclic) bond motifs is 1. The maximum atomic E-state index is 13.3. The molecule has 198 valence electrons. The van der Waals surface area contributed by atoms with Crippen LogP contribution in [-0.4, -0.2) is 72.7 Å². The molecule has 10 heteroatoms. The van der Waals surface area contributed by atoms with Gasteiger partial charge in [0.05, 0.1) is 31.7 Å². The van der Waals surface area contributed by atoms with Gasteiger partial charge in [0.15, 0.2) is 5.78 Å². The first kappa shape index (κ1) is 25.4. The third-order valence-electron chi connectivity index (χ3n) is 6.73. The summed E-state index contributed by atoms with van der Waals surface area (Å²) in [4.78, 5) is 19.7. The summed E-state index contributed by atoms with van der Waals surface area (Å²) in [5.41, 5.74) is 1.87. The van der Waals surface area contributed by atoms with Crippen LogP contribution in [0.5, 0.6) is 17.2 Å². The molecule has 1 saturated carbocycles. The Hall–Kier alpha value is -3.24. The van der Waals surface area contributed by atoms with Gasteiger partial charge in [0.25, 0.3) is 0 Å². The van der Waals surface area contributed by atoms with Crippen LogP contribution in [0.15, 0.2) is 36.7 Å². The number of ketones is 1. The number of morpholine rings is 1. The standard InChI is InChI=1S/C27H31F2N3O5/c1-17-16-31(7-9-35-17)8-10-36-20-5-6-32-21(15-30-25(32)14-20)19-12-23(34-2)26(22(33)11-18-3-4-18)24(13-19)37-27(28)29/h5-6,12-15,17-18,27H,3-4,7-11,16H2,1-2H3. The predicted molar refractivity (Wildman–Crippen MR) is 133 cm³/mol. The number of ether oxygens (including phenoxy) is 4. The van der Waals surface area contributed by atoms with E-state index < -0.39 is 6.61 Å². The van der Waals surface area contributed by atoms with Gasteiger partial charge in [0, 0.05) is 43.9 Å².